The maximum Gasteiger partial charge on any atom is 0.259 e. The van der Waals surface area contributed by atoms with Crippen LogP contribution in [-0.2, 0) is 0 Å². The summed E-state index contributed by atoms with van der Waals surface area (Å²) in [5, 5.41) is 16.5. The minimum Gasteiger partial charge on any atom is -0.438 e. The molecule has 0 unspecified atom stereocenters. The van der Waals surface area contributed by atoms with Crippen LogP contribution in [0, 0.1) is 32.1 Å². The summed E-state index contributed by atoms with van der Waals surface area (Å²) in [6, 6.07) is 18.6. The summed E-state index contributed by atoms with van der Waals surface area (Å²) in [4.78, 5) is 17.0. The normalized spacial score (nSPS) is 10.4. The Labute approximate surface area is 185 Å². The van der Waals surface area contributed by atoms with E-state index in [9.17, 15) is 10.1 Å². The van der Waals surface area contributed by atoms with Gasteiger partial charge in [0.15, 0.2) is 0 Å². The molecule has 4 aromatic rings. The number of amides is 1. The Morgan fingerprint density at radius 1 is 1.09 bits per heavy atom. The van der Waals surface area contributed by atoms with Gasteiger partial charge in [0.05, 0.1) is 23.1 Å². The molecule has 7 heteroatoms. The first-order valence-corrected chi connectivity index (χ1v) is 10.0. The van der Waals surface area contributed by atoms with Crippen LogP contribution in [0.4, 0.5) is 5.69 Å². The zero-order valence-corrected chi connectivity index (χ0v) is 18.0. The van der Waals surface area contributed by atoms with Crippen molar-refractivity contribution in [2.75, 3.05) is 5.32 Å². The lowest BCUT2D eigenvalue weighted by molar-refractivity contribution is 0.102. The number of ether oxygens (including phenoxy) is 1. The number of carbonyl (C=O) groups is 1. The number of hydrogen-bond donors (Lipinski definition) is 1. The summed E-state index contributed by atoms with van der Waals surface area (Å²) >= 11 is 0. The molecular formula is C25H21N5O2. The summed E-state index contributed by atoms with van der Waals surface area (Å²) in [5.41, 5.74) is 5.10. The van der Waals surface area contributed by atoms with Crippen molar-refractivity contribution in [3.05, 3.63) is 94.9 Å². The lowest BCUT2D eigenvalue weighted by Gasteiger charge is -2.11. The molecule has 1 amide bonds. The van der Waals surface area contributed by atoms with E-state index in [1.165, 1.54) is 0 Å². The van der Waals surface area contributed by atoms with Gasteiger partial charge >= 0.3 is 0 Å². The third-order valence-electron chi connectivity index (χ3n) is 5.05. The topological polar surface area (TPSA) is 92.8 Å². The molecule has 7 nitrogen and oxygen atoms in total. The van der Waals surface area contributed by atoms with Crippen molar-refractivity contribution in [1.29, 1.82) is 5.26 Å². The molecule has 0 saturated carbocycles. The molecule has 2 heterocycles. The summed E-state index contributed by atoms with van der Waals surface area (Å²) in [7, 11) is 0. The summed E-state index contributed by atoms with van der Waals surface area (Å²) in [6.07, 6.45) is 3.14. The molecule has 0 radical (unpaired) electrons. The van der Waals surface area contributed by atoms with Gasteiger partial charge in [-0.05, 0) is 74.4 Å². The molecule has 4 rings (SSSR count). The first-order valence-electron chi connectivity index (χ1n) is 10.0. The van der Waals surface area contributed by atoms with Crippen LogP contribution in [0.3, 0.4) is 0 Å². The number of nitriles is 1. The van der Waals surface area contributed by atoms with E-state index < -0.39 is 0 Å². The van der Waals surface area contributed by atoms with Gasteiger partial charge in [-0.15, -0.1) is 0 Å². The van der Waals surface area contributed by atoms with E-state index in [0.717, 1.165) is 22.5 Å². The third-order valence-corrected chi connectivity index (χ3v) is 5.05. The Morgan fingerprint density at radius 2 is 1.94 bits per heavy atom. The predicted octanol–water partition coefficient (Wildman–Crippen LogP) is 5.11. The van der Waals surface area contributed by atoms with E-state index in [1.807, 2.05) is 45.0 Å². The number of hydrogen-bond acceptors (Lipinski definition) is 5. The van der Waals surface area contributed by atoms with Crippen molar-refractivity contribution in [3.63, 3.8) is 0 Å². The van der Waals surface area contributed by atoms with Crippen LogP contribution >= 0.6 is 0 Å². The van der Waals surface area contributed by atoms with Crippen LogP contribution in [-0.4, -0.2) is 20.7 Å². The molecule has 0 aliphatic rings. The molecule has 32 heavy (non-hydrogen) atoms. The predicted molar refractivity (Wildman–Crippen MR) is 121 cm³/mol. The van der Waals surface area contributed by atoms with E-state index in [1.54, 1.807) is 47.4 Å². The number of nitrogens with zero attached hydrogens (tertiary/aromatic N) is 4. The molecular weight excluding hydrogens is 402 g/mol. The molecule has 0 aliphatic carbocycles. The monoisotopic (exact) mass is 423 g/mol. The van der Waals surface area contributed by atoms with Crippen LogP contribution in [0.25, 0.3) is 5.69 Å². The molecule has 2 aromatic heterocycles. The van der Waals surface area contributed by atoms with Crippen LogP contribution in [0.15, 0.2) is 67.0 Å². The highest BCUT2D eigenvalue weighted by Crippen LogP contribution is 2.27. The maximum atomic E-state index is 12.9. The molecule has 0 fully saturated rings. The first-order chi connectivity index (χ1) is 15.5. The second-order valence-corrected chi connectivity index (χ2v) is 7.40. The Morgan fingerprint density at radius 3 is 2.69 bits per heavy atom. The minimum atomic E-state index is -0.241. The zero-order chi connectivity index (χ0) is 22.7. The summed E-state index contributed by atoms with van der Waals surface area (Å²) in [5.74, 6) is 0.527. The zero-order valence-electron chi connectivity index (χ0n) is 18.0. The van der Waals surface area contributed by atoms with Crippen molar-refractivity contribution >= 4 is 11.6 Å². The number of pyridine rings is 1. The molecule has 2 aromatic carbocycles. The smallest absolute Gasteiger partial charge is 0.259 e. The first kappa shape index (κ1) is 20.8. The number of carbonyl (C=O) groups excluding carboxylic acids is 1. The number of rotatable bonds is 5. The number of anilines is 1. The van der Waals surface area contributed by atoms with Gasteiger partial charge in [0.2, 0.25) is 5.88 Å². The van der Waals surface area contributed by atoms with Gasteiger partial charge in [-0.3, -0.25) is 4.79 Å². The van der Waals surface area contributed by atoms with Gasteiger partial charge in [0.25, 0.3) is 5.91 Å². The van der Waals surface area contributed by atoms with E-state index in [0.29, 0.717) is 22.6 Å². The minimum absolute atomic E-state index is 0.241. The Bertz CT molecular complexity index is 1350. The third kappa shape index (κ3) is 4.20. The number of aryl methyl sites for hydroxylation is 2. The lowest BCUT2D eigenvalue weighted by atomic mass is 10.1. The van der Waals surface area contributed by atoms with Gasteiger partial charge in [-0.25, -0.2) is 9.67 Å². The highest BCUT2D eigenvalue weighted by atomic mass is 16.5. The van der Waals surface area contributed by atoms with Crippen LogP contribution in [0.5, 0.6) is 11.6 Å². The van der Waals surface area contributed by atoms with Crippen molar-refractivity contribution < 1.29 is 9.53 Å². The number of benzene rings is 2. The average Bonchev–Trinajstić information content (AvgIpc) is 3.17. The van der Waals surface area contributed by atoms with E-state index in [4.69, 9.17) is 4.74 Å². The van der Waals surface area contributed by atoms with Crippen molar-refractivity contribution in [3.8, 4) is 23.4 Å². The Kier molecular flexibility index (Phi) is 5.69. The molecule has 158 valence electrons. The Hall–Kier alpha value is -4.44. The van der Waals surface area contributed by atoms with Gasteiger partial charge < -0.3 is 10.1 Å². The second-order valence-electron chi connectivity index (χ2n) is 7.40. The Balaban J connectivity index is 1.52. The fourth-order valence-corrected chi connectivity index (χ4v) is 3.35. The fourth-order valence-electron chi connectivity index (χ4n) is 3.35. The lowest BCUT2D eigenvalue weighted by Crippen LogP contribution is -2.14. The van der Waals surface area contributed by atoms with E-state index in [-0.39, 0.29) is 11.8 Å². The largest absolute Gasteiger partial charge is 0.438 e. The molecule has 0 bridgehead atoms. The highest BCUT2D eigenvalue weighted by molar-refractivity contribution is 6.05. The fraction of sp³-hybridized carbons (Fsp3) is 0.120. The SMILES string of the molecule is Cc1cccc(-n2ncc(C(=O)Nc3ccc(Oc4ncccc4C#N)cc3C)c2C)c1. The van der Waals surface area contributed by atoms with E-state index in [2.05, 4.69) is 21.5 Å². The van der Waals surface area contributed by atoms with E-state index >= 15 is 0 Å². The van der Waals surface area contributed by atoms with Crippen molar-refractivity contribution in [2.45, 2.75) is 20.8 Å². The molecule has 0 atom stereocenters. The summed E-state index contributed by atoms with van der Waals surface area (Å²) in [6.45, 7) is 5.75. The van der Waals surface area contributed by atoms with Gasteiger partial charge in [0, 0.05) is 11.9 Å². The average molecular weight is 423 g/mol. The van der Waals surface area contributed by atoms with Crippen molar-refractivity contribution in [2.24, 2.45) is 0 Å². The van der Waals surface area contributed by atoms with Crippen LogP contribution < -0.4 is 10.1 Å². The van der Waals surface area contributed by atoms with Gasteiger partial charge in [0.1, 0.15) is 17.4 Å². The van der Waals surface area contributed by atoms with Gasteiger partial charge in [-0.2, -0.15) is 10.4 Å². The molecule has 1 N–H and O–H groups in total. The van der Waals surface area contributed by atoms with Crippen LogP contribution in [0.2, 0.25) is 0 Å². The maximum absolute atomic E-state index is 12.9. The molecule has 0 aliphatic heterocycles. The highest BCUT2D eigenvalue weighted by Gasteiger charge is 2.16. The summed E-state index contributed by atoms with van der Waals surface area (Å²) < 4.78 is 7.50. The van der Waals surface area contributed by atoms with Gasteiger partial charge in [-0.1, -0.05) is 12.1 Å². The quantitative estimate of drug-likeness (QED) is 0.482. The molecule has 0 spiro atoms. The number of nitrogens with one attached hydrogen (secondary N) is 1. The van der Waals surface area contributed by atoms with Crippen molar-refractivity contribution in [1.82, 2.24) is 14.8 Å². The second kappa shape index (κ2) is 8.74. The van der Waals surface area contributed by atoms with Crippen LogP contribution in [0.1, 0.15) is 32.7 Å². The molecule has 0 saturated heterocycles. The standard InChI is InChI=1S/C25H21N5O2/c1-16-6-4-8-20(12-16)30-18(3)22(15-28-30)24(31)29-23-10-9-21(13-17(23)2)32-25-19(14-26)7-5-11-27-25/h4-13,15H,1-3H3,(H,29,31). The number of aromatic nitrogens is 3.